The average molecular weight is 224 g/mol. The number of anilines is 1. The minimum absolute atomic E-state index is 0.0652. The third-order valence-corrected chi connectivity index (χ3v) is 3.35. The van der Waals surface area contributed by atoms with Gasteiger partial charge in [0, 0.05) is 12.6 Å². The molecule has 0 bridgehead atoms. The van der Waals surface area contributed by atoms with Gasteiger partial charge in [0.05, 0.1) is 0 Å². The molecule has 88 valence electrons. The van der Waals surface area contributed by atoms with Crippen LogP contribution < -0.4 is 5.73 Å². The molecule has 0 aliphatic carbocycles. The van der Waals surface area contributed by atoms with Gasteiger partial charge in [-0.3, -0.25) is 4.79 Å². The Labute approximate surface area is 93.7 Å². The Bertz CT molecular complexity index is 390. The number of rotatable bonds is 1. The highest BCUT2D eigenvalue weighted by atomic mass is 16.6. The molecule has 0 spiro atoms. The monoisotopic (exact) mass is 224 g/mol. The fourth-order valence-corrected chi connectivity index (χ4v) is 2.10. The smallest absolute Gasteiger partial charge is 0.280 e. The van der Waals surface area contributed by atoms with E-state index in [0.717, 1.165) is 19.4 Å². The molecule has 2 rings (SSSR count). The number of likely N-dealkylation sites (tertiary alicyclic amines) is 1. The topological polar surface area (TPSA) is 85.2 Å². The zero-order chi connectivity index (χ0) is 11.7. The Balaban J connectivity index is 2.18. The van der Waals surface area contributed by atoms with Gasteiger partial charge in [-0.25, -0.2) is 4.63 Å². The Morgan fingerprint density at radius 3 is 2.88 bits per heavy atom. The maximum atomic E-state index is 12.1. The number of amides is 1. The number of hydrogen-bond acceptors (Lipinski definition) is 5. The van der Waals surface area contributed by atoms with Crippen molar-refractivity contribution in [3.05, 3.63) is 5.69 Å². The lowest BCUT2D eigenvalue weighted by atomic mass is 9.92. The summed E-state index contributed by atoms with van der Waals surface area (Å²) in [6, 6.07) is 0.206. The van der Waals surface area contributed by atoms with Gasteiger partial charge >= 0.3 is 0 Å². The molecule has 2 heterocycles. The number of piperidine rings is 1. The SMILES string of the molecule is CC1CCCN(C(=O)c2nonc2N)C1C. The van der Waals surface area contributed by atoms with Crippen molar-refractivity contribution in [2.75, 3.05) is 12.3 Å². The lowest BCUT2D eigenvalue weighted by Crippen LogP contribution is -2.46. The molecule has 1 aliphatic rings. The summed E-state index contributed by atoms with van der Waals surface area (Å²) in [6.45, 7) is 4.94. The molecule has 1 aromatic heterocycles. The van der Waals surface area contributed by atoms with Crippen LogP contribution in [0.15, 0.2) is 4.63 Å². The molecule has 0 aromatic carbocycles. The molecule has 2 N–H and O–H groups in total. The van der Waals surface area contributed by atoms with Crippen LogP contribution in [-0.4, -0.2) is 33.7 Å². The molecule has 2 atom stereocenters. The molecule has 0 radical (unpaired) electrons. The van der Waals surface area contributed by atoms with Crippen LogP contribution in [0.2, 0.25) is 0 Å². The van der Waals surface area contributed by atoms with Crippen LogP contribution in [0.25, 0.3) is 0 Å². The Hall–Kier alpha value is -1.59. The Morgan fingerprint density at radius 2 is 2.25 bits per heavy atom. The van der Waals surface area contributed by atoms with E-state index in [1.165, 1.54) is 0 Å². The molecular formula is C10H16N4O2. The number of nitrogen functional groups attached to an aromatic ring is 1. The van der Waals surface area contributed by atoms with Crippen molar-refractivity contribution < 1.29 is 9.42 Å². The van der Waals surface area contributed by atoms with Gasteiger partial charge in [0.2, 0.25) is 11.5 Å². The quantitative estimate of drug-likeness (QED) is 0.766. The highest BCUT2D eigenvalue weighted by molar-refractivity contribution is 5.96. The first-order chi connectivity index (χ1) is 7.61. The van der Waals surface area contributed by atoms with Gasteiger partial charge in [-0.1, -0.05) is 6.92 Å². The number of aromatic nitrogens is 2. The molecule has 1 amide bonds. The molecular weight excluding hydrogens is 208 g/mol. The van der Waals surface area contributed by atoms with E-state index >= 15 is 0 Å². The Morgan fingerprint density at radius 1 is 1.50 bits per heavy atom. The number of carbonyl (C=O) groups excluding carboxylic acids is 1. The summed E-state index contributed by atoms with van der Waals surface area (Å²) in [6.07, 6.45) is 2.17. The minimum atomic E-state index is -0.183. The maximum Gasteiger partial charge on any atom is 0.280 e. The average Bonchev–Trinajstić information content (AvgIpc) is 2.68. The van der Waals surface area contributed by atoms with Gasteiger partial charge in [0.15, 0.2) is 0 Å². The maximum absolute atomic E-state index is 12.1. The summed E-state index contributed by atoms with van der Waals surface area (Å²) in [5, 5.41) is 6.97. The van der Waals surface area contributed by atoms with Gasteiger partial charge in [0.1, 0.15) is 0 Å². The third kappa shape index (κ3) is 1.75. The molecule has 1 fully saturated rings. The highest BCUT2D eigenvalue weighted by Crippen LogP contribution is 2.24. The molecule has 2 unspecified atom stereocenters. The van der Waals surface area contributed by atoms with E-state index in [1.54, 1.807) is 4.90 Å². The number of carbonyl (C=O) groups is 1. The summed E-state index contributed by atoms with van der Waals surface area (Å²) in [5.74, 6) is 0.381. The van der Waals surface area contributed by atoms with Crippen molar-refractivity contribution in [2.45, 2.75) is 32.7 Å². The van der Waals surface area contributed by atoms with E-state index in [1.807, 2.05) is 6.92 Å². The summed E-state index contributed by atoms with van der Waals surface area (Å²) >= 11 is 0. The second kappa shape index (κ2) is 4.11. The molecule has 16 heavy (non-hydrogen) atoms. The van der Waals surface area contributed by atoms with Crippen LogP contribution in [0, 0.1) is 5.92 Å². The van der Waals surface area contributed by atoms with E-state index in [0.29, 0.717) is 5.92 Å². The standard InChI is InChI=1S/C10H16N4O2/c1-6-4-3-5-14(7(6)2)10(15)8-9(11)13-16-12-8/h6-7H,3-5H2,1-2H3,(H2,11,13). The van der Waals surface area contributed by atoms with Crippen LogP contribution in [0.5, 0.6) is 0 Å². The first-order valence-corrected chi connectivity index (χ1v) is 5.50. The number of nitrogens with zero attached hydrogens (tertiary/aromatic N) is 3. The molecule has 6 heteroatoms. The van der Waals surface area contributed by atoms with Gasteiger partial charge in [-0.15, -0.1) is 0 Å². The third-order valence-electron chi connectivity index (χ3n) is 3.35. The van der Waals surface area contributed by atoms with Gasteiger partial charge in [-0.05, 0) is 36.0 Å². The predicted octanol–water partition coefficient (Wildman–Crippen LogP) is 0.912. The molecule has 1 aliphatic heterocycles. The van der Waals surface area contributed by atoms with E-state index in [2.05, 4.69) is 21.9 Å². The van der Waals surface area contributed by atoms with Gasteiger partial charge in [0.25, 0.3) is 5.91 Å². The first kappa shape index (κ1) is 10.9. The molecule has 6 nitrogen and oxygen atoms in total. The lowest BCUT2D eigenvalue weighted by Gasteiger charge is -2.37. The zero-order valence-electron chi connectivity index (χ0n) is 9.51. The first-order valence-electron chi connectivity index (χ1n) is 5.50. The van der Waals surface area contributed by atoms with Crippen LogP contribution in [0.1, 0.15) is 37.2 Å². The van der Waals surface area contributed by atoms with Crippen molar-refractivity contribution in [3.63, 3.8) is 0 Å². The second-order valence-electron chi connectivity index (χ2n) is 4.36. The van der Waals surface area contributed by atoms with Crippen LogP contribution in [0.4, 0.5) is 5.82 Å². The molecule has 1 saturated heterocycles. The number of nitrogens with two attached hydrogens (primary N) is 1. The lowest BCUT2D eigenvalue weighted by molar-refractivity contribution is 0.0541. The van der Waals surface area contributed by atoms with Crippen molar-refractivity contribution in [2.24, 2.45) is 5.92 Å². The van der Waals surface area contributed by atoms with E-state index in [9.17, 15) is 4.79 Å². The van der Waals surface area contributed by atoms with Crippen molar-refractivity contribution in [3.8, 4) is 0 Å². The van der Waals surface area contributed by atoms with Crippen molar-refractivity contribution in [1.29, 1.82) is 0 Å². The summed E-state index contributed by atoms with van der Waals surface area (Å²) < 4.78 is 4.45. The van der Waals surface area contributed by atoms with Gasteiger partial charge < -0.3 is 10.6 Å². The van der Waals surface area contributed by atoms with Crippen LogP contribution >= 0.6 is 0 Å². The largest absolute Gasteiger partial charge is 0.379 e. The summed E-state index contributed by atoms with van der Waals surface area (Å²) in [7, 11) is 0. The molecule has 0 saturated carbocycles. The normalized spacial score (nSPS) is 25.8. The van der Waals surface area contributed by atoms with E-state index < -0.39 is 0 Å². The summed E-state index contributed by atoms with van der Waals surface area (Å²) in [5.41, 5.74) is 5.64. The van der Waals surface area contributed by atoms with Crippen molar-refractivity contribution >= 4 is 11.7 Å². The predicted molar refractivity (Wildman–Crippen MR) is 57.6 cm³/mol. The zero-order valence-corrected chi connectivity index (χ0v) is 9.51. The van der Waals surface area contributed by atoms with E-state index in [4.69, 9.17) is 5.73 Å². The number of hydrogen-bond donors (Lipinski definition) is 1. The molecule has 1 aromatic rings. The van der Waals surface area contributed by atoms with Crippen LogP contribution in [-0.2, 0) is 0 Å². The Kier molecular flexibility index (Phi) is 2.80. The van der Waals surface area contributed by atoms with E-state index in [-0.39, 0.29) is 23.5 Å². The van der Waals surface area contributed by atoms with Gasteiger partial charge in [-0.2, -0.15) is 0 Å². The second-order valence-corrected chi connectivity index (χ2v) is 4.36. The fraction of sp³-hybridized carbons (Fsp3) is 0.700. The minimum Gasteiger partial charge on any atom is -0.379 e. The van der Waals surface area contributed by atoms with Crippen molar-refractivity contribution in [1.82, 2.24) is 15.2 Å². The highest BCUT2D eigenvalue weighted by Gasteiger charge is 2.31. The fourth-order valence-electron chi connectivity index (χ4n) is 2.10. The summed E-state index contributed by atoms with van der Waals surface area (Å²) in [4.78, 5) is 13.9. The van der Waals surface area contributed by atoms with Crippen LogP contribution in [0.3, 0.4) is 0 Å².